The third kappa shape index (κ3) is 3.05. The number of rotatable bonds is 5. The zero-order valence-corrected chi connectivity index (χ0v) is 13.5. The van der Waals surface area contributed by atoms with Crippen LogP contribution in [0.25, 0.3) is 21.9 Å². The fourth-order valence-corrected chi connectivity index (χ4v) is 2.62. The first-order valence-electron chi connectivity index (χ1n) is 7.55. The van der Waals surface area contributed by atoms with Gasteiger partial charge in [-0.25, -0.2) is 13.2 Å². The standard InChI is InChI=1S/C20H15F3O2/c1-3-10-25-14-7-4-12(5-8-14)15-11-13-6-9-16(24-2)19(22)17(13)20(23)18(15)21/h3-9,11H,1,10H2,2H3. The van der Waals surface area contributed by atoms with E-state index in [0.717, 1.165) is 0 Å². The molecule has 3 rings (SSSR count). The van der Waals surface area contributed by atoms with E-state index in [9.17, 15) is 13.2 Å². The molecule has 0 unspecified atom stereocenters. The number of hydrogen-bond acceptors (Lipinski definition) is 2. The molecule has 2 nitrogen and oxygen atoms in total. The van der Waals surface area contributed by atoms with E-state index >= 15 is 0 Å². The molecule has 25 heavy (non-hydrogen) atoms. The van der Waals surface area contributed by atoms with Crippen molar-refractivity contribution in [2.75, 3.05) is 13.7 Å². The summed E-state index contributed by atoms with van der Waals surface area (Å²) in [4.78, 5) is 0. The lowest BCUT2D eigenvalue weighted by atomic mass is 9.99. The van der Waals surface area contributed by atoms with E-state index in [0.29, 0.717) is 17.9 Å². The number of hydrogen-bond donors (Lipinski definition) is 0. The highest BCUT2D eigenvalue weighted by Crippen LogP contribution is 2.35. The molecule has 0 aliphatic carbocycles. The molecule has 0 aliphatic rings. The van der Waals surface area contributed by atoms with Crippen molar-refractivity contribution in [1.29, 1.82) is 0 Å². The van der Waals surface area contributed by atoms with Crippen molar-refractivity contribution in [2.24, 2.45) is 0 Å². The van der Waals surface area contributed by atoms with E-state index in [1.54, 1.807) is 30.3 Å². The van der Waals surface area contributed by atoms with Crippen LogP contribution in [0.2, 0.25) is 0 Å². The van der Waals surface area contributed by atoms with Gasteiger partial charge in [0.15, 0.2) is 23.2 Å². The van der Waals surface area contributed by atoms with Crippen molar-refractivity contribution < 1.29 is 22.6 Å². The molecule has 0 heterocycles. The van der Waals surface area contributed by atoms with Crippen LogP contribution in [0, 0.1) is 17.5 Å². The molecular formula is C20H15F3O2. The lowest BCUT2D eigenvalue weighted by molar-refractivity contribution is 0.363. The van der Waals surface area contributed by atoms with Crippen LogP contribution >= 0.6 is 0 Å². The largest absolute Gasteiger partial charge is 0.494 e. The summed E-state index contributed by atoms with van der Waals surface area (Å²) in [6.45, 7) is 3.90. The van der Waals surface area contributed by atoms with Crippen LogP contribution < -0.4 is 9.47 Å². The van der Waals surface area contributed by atoms with Crippen molar-refractivity contribution in [3.63, 3.8) is 0 Å². The maximum Gasteiger partial charge on any atom is 0.175 e. The van der Waals surface area contributed by atoms with Gasteiger partial charge in [0.25, 0.3) is 0 Å². The maximum absolute atomic E-state index is 14.5. The molecule has 0 amide bonds. The van der Waals surface area contributed by atoms with E-state index in [-0.39, 0.29) is 16.7 Å². The number of methoxy groups -OCH3 is 1. The van der Waals surface area contributed by atoms with Crippen LogP contribution in [0.3, 0.4) is 0 Å². The Balaban J connectivity index is 2.11. The predicted molar refractivity (Wildman–Crippen MR) is 91.5 cm³/mol. The molecule has 0 saturated carbocycles. The van der Waals surface area contributed by atoms with Gasteiger partial charge in [-0.3, -0.25) is 0 Å². The van der Waals surface area contributed by atoms with Crippen molar-refractivity contribution in [1.82, 2.24) is 0 Å². The smallest absolute Gasteiger partial charge is 0.175 e. The van der Waals surface area contributed by atoms with Crippen LogP contribution in [0.15, 0.2) is 55.1 Å². The Morgan fingerprint density at radius 1 is 0.960 bits per heavy atom. The molecule has 0 bridgehead atoms. The molecule has 0 fully saturated rings. The highest BCUT2D eigenvalue weighted by atomic mass is 19.2. The molecule has 128 valence electrons. The number of benzene rings is 3. The van der Waals surface area contributed by atoms with E-state index < -0.39 is 22.8 Å². The zero-order valence-electron chi connectivity index (χ0n) is 13.5. The fraction of sp³-hybridized carbons (Fsp3) is 0.100. The van der Waals surface area contributed by atoms with Gasteiger partial charge >= 0.3 is 0 Å². The minimum atomic E-state index is -1.24. The first-order valence-corrected chi connectivity index (χ1v) is 7.55. The second-order valence-corrected chi connectivity index (χ2v) is 5.36. The number of ether oxygens (including phenoxy) is 2. The highest BCUT2D eigenvalue weighted by Gasteiger charge is 2.19. The van der Waals surface area contributed by atoms with Gasteiger partial charge in [-0.2, -0.15) is 0 Å². The quantitative estimate of drug-likeness (QED) is 0.569. The van der Waals surface area contributed by atoms with Gasteiger partial charge in [0.1, 0.15) is 12.4 Å². The van der Waals surface area contributed by atoms with Crippen molar-refractivity contribution in [2.45, 2.75) is 0 Å². The summed E-state index contributed by atoms with van der Waals surface area (Å²) in [6.07, 6.45) is 1.61. The van der Waals surface area contributed by atoms with Crippen molar-refractivity contribution in [3.8, 4) is 22.6 Å². The Morgan fingerprint density at radius 2 is 1.68 bits per heavy atom. The average Bonchev–Trinajstić information content (AvgIpc) is 2.63. The molecule has 3 aromatic carbocycles. The summed E-state index contributed by atoms with van der Waals surface area (Å²) in [6, 6.07) is 10.8. The third-order valence-corrected chi connectivity index (χ3v) is 3.84. The van der Waals surface area contributed by atoms with Crippen molar-refractivity contribution >= 4 is 10.8 Å². The Kier molecular flexibility index (Phi) is 4.65. The molecule has 0 saturated heterocycles. The summed E-state index contributed by atoms with van der Waals surface area (Å²) >= 11 is 0. The molecule has 0 radical (unpaired) electrons. The van der Waals surface area contributed by atoms with Crippen LogP contribution in [-0.4, -0.2) is 13.7 Å². The molecule has 0 spiro atoms. The van der Waals surface area contributed by atoms with Gasteiger partial charge in [-0.1, -0.05) is 30.9 Å². The highest BCUT2D eigenvalue weighted by molar-refractivity contribution is 5.90. The summed E-state index contributed by atoms with van der Waals surface area (Å²) in [5.74, 6) is -2.82. The SMILES string of the molecule is C=CCOc1ccc(-c2cc3ccc(OC)c(F)c3c(F)c2F)cc1. The topological polar surface area (TPSA) is 18.5 Å². The molecule has 5 heteroatoms. The molecular weight excluding hydrogens is 329 g/mol. The summed E-state index contributed by atoms with van der Waals surface area (Å²) in [5.41, 5.74) is 0.505. The average molecular weight is 344 g/mol. The molecule has 3 aromatic rings. The van der Waals surface area contributed by atoms with E-state index in [1.165, 1.54) is 25.3 Å². The molecule has 0 aromatic heterocycles. The predicted octanol–water partition coefficient (Wildman–Crippen LogP) is 5.50. The van der Waals surface area contributed by atoms with Gasteiger partial charge in [0, 0.05) is 5.56 Å². The van der Waals surface area contributed by atoms with E-state index in [1.807, 2.05) is 0 Å². The summed E-state index contributed by atoms with van der Waals surface area (Å²) < 4.78 is 53.4. The first kappa shape index (κ1) is 16.9. The van der Waals surface area contributed by atoms with Crippen LogP contribution in [0.1, 0.15) is 0 Å². The fourth-order valence-electron chi connectivity index (χ4n) is 2.62. The van der Waals surface area contributed by atoms with Crippen LogP contribution in [0.5, 0.6) is 11.5 Å². The van der Waals surface area contributed by atoms with Crippen LogP contribution in [0.4, 0.5) is 13.2 Å². The zero-order chi connectivity index (χ0) is 18.0. The molecule has 0 aliphatic heterocycles. The van der Waals surface area contributed by atoms with Gasteiger partial charge in [0.2, 0.25) is 0 Å². The monoisotopic (exact) mass is 344 g/mol. The summed E-state index contributed by atoms with van der Waals surface area (Å²) in [5, 5.41) is -0.175. The molecule has 0 N–H and O–H groups in total. The van der Waals surface area contributed by atoms with Gasteiger partial charge in [-0.05, 0) is 35.2 Å². The lowest BCUT2D eigenvalue weighted by Crippen LogP contribution is -1.97. The molecule has 0 atom stereocenters. The normalized spacial score (nSPS) is 10.7. The van der Waals surface area contributed by atoms with Gasteiger partial charge < -0.3 is 9.47 Å². The van der Waals surface area contributed by atoms with Crippen molar-refractivity contribution in [3.05, 3.63) is 72.6 Å². The second kappa shape index (κ2) is 6.89. The van der Waals surface area contributed by atoms with E-state index in [4.69, 9.17) is 9.47 Å². The Bertz CT molecular complexity index is 934. The minimum absolute atomic E-state index is 0.0461. The Labute approximate surface area is 143 Å². The maximum atomic E-state index is 14.5. The second-order valence-electron chi connectivity index (χ2n) is 5.36. The summed E-state index contributed by atoms with van der Waals surface area (Å²) in [7, 11) is 1.27. The first-order chi connectivity index (χ1) is 12.1. The van der Waals surface area contributed by atoms with E-state index in [2.05, 4.69) is 6.58 Å². The Morgan fingerprint density at radius 3 is 2.32 bits per heavy atom. The van der Waals surface area contributed by atoms with Gasteiger partial charge in [-0.15, -0.1) is 0 Å². The number of halogens is 3. The lowest BCUT2D eigenvalue weighted by Gasteiger charge is -2.11. The van der Waals surface area contributed by atoms with Crippen LogP contribution in [-0.2, 0) is 0 Å². The Hall–Kier alpha value is -2.95. The minimum Gasteiger partial charge on any atom is -0.494 e. The number of fused-ring (bicyclic) bond motifs is 1. The van der Waals surface area contributed by atoms with Gasteiger partial charge in [0.05, 0.1) is 12.5 Å². The third-order valence-electron chi connectivity index (χ3n) is 3.84.